The molecule has 1 aliphatic carbocycles. The molecule has 6 heteroatoms. The van der Waals surface area contributed by atoms with E-state index in [9.17, 15) is 4.79 Å². The zero-order chi connectivity index (χ0) is 22.1. The van der Waals surface area contributed by atoms with Crippen molar-refractivity contribution in [2.24, 2.45) is 4.99 Å². The SMILES string of the molecule is COCCOc1cccc2c1C1C[C@@H]1c1ccccc1N=C2c1ccc(C(=O)NO)cc1. The number of para-hydroxylation sites is 1. The quantitative estimate of drug-likeness (QED) is 0.342. The summed E-state index contributed by atoms with van der Waals surface area (Å²) in [5.74, 6) is 1.12. The summed E-state index contributed by atoms with van der Waals surface area (Å²) in [5.41, 5.74) is 8.23. The minimum Gasteiger partial charge on any atom is -0.491 e. The van der Waals surface area contributed by atoms with Crippen LogP contribution in [-0.4, -0.2) is 37.1 Å². The molecule has 32 heavy (non-hydrogen) atoms. The molecule has 3 aromatic rings. The van der Waals surface area contributed by atoms with Gasteiger partial charge in [-0.2, -0.15) is 0 Å². The van der Waals surface area contributed by atoms with Gasteiger partial charge in [-0.25, -0.2) is 10.5 Å². The largest absolute Gasteiger partial charge is 0.491 e. The predicted molar refractivity (Wildman–Crippen MR) is 121 cm³/mol. The molecule has 1 heterocycles. The van der Waals surface area contributed by atoms with Crippen LogP contribution < -0.4 is 10.2 Å². The molecule has 2 aliphatic rings. The van der Waals surface area contributed by atoms with Crippen LogP contribution in [0.3, 0.4) is 0 Å². The Morgan fingerprint density at radius 3 is 2.62 bits per heavy atom. The van der Waals surface area contributed by atoms with E-state index in [1.165, 1.54) is 11.1 Å². The van der Waals surface area contributed by atoms with Crippen molar-refractivity contribution < 1.29 is 19.5 Å². The third kappa shape index (κ3) is 3.68. The first kappa shape index (κ1) is 20.4. The van der Waals surface area contributed by atoms with Crippen molar-refractivity contribution in [2.45, 2.75) is 18.3 Å². The number of amides is 1. The van der Waals surface area contributed by atoms with Gasteiger partial charge in [0.15, 0.2) is 0 Å². The van der Waals surface area contributed by atoms with E-state index >= 15 is 0 Å². The van der Waals surface area contributed by atoms with Gasteiger partial charge >= 0.3 is 0 Å². The highest BCUT2D eigenvalue weighted by atomic mass is 16.5. The summed E-state index contributed by atoms with van der Waals surface area (Å²) in [6.07, 6.45) is 1.06. The van der Waals surface area contributed by atoms with Gasteiger partial charge in [-0.3, -0.25) is 10.0 Å². The van der Waals surface area contributed by atoms with Crippen molar-refractivity contribution in [3.8, 4) is 5.75 Å². The minimum absolute atomic E-state index is 0.370. The van der Waals surface area contributed by atoms with E-state index in [0.29, 0.717) is 30.6 Å². The highest BCUT2D eigenvalue weighted by Crippen LogP contribution is 2.60. The zero-order valence-electron chi connectivity index (χ0n) is 17.7. The number of nitrogens with zero attached hydrogens (tertiary/aromatic N) is 1. The second-order valence-electron chi connectivity index (χ2n) is 8.04. The van der Waals surface area contributed by atoms with E-state index in [1.54, 1.807) is 24.7 Å². The zero-order valence-corrected chi connectivity index (χ0v) is 17.7. The highest BCUT2D eigenvalue weighted by Gasteiger charge is 2.45. The van der Waals surface area contributed by atoms with Crippen LogP contribution in [0, 0.1) is 0 Å². The Kier molecular flexibility index (Phi) is 5.47. The van der Waals surface area contributed by atoms with Gasteiger partial charge in [0.05, 0.1) is 18.0 Å². The number of methoxy groups -OCH3 is 1. The summed E-state index contributed by atoms with van der Waals surface area (Å²) in [4.78, 5) is 16.9. The smallest absolute Gasteiger partial charge is 0.274 e. The molecule has 1 saturated carbocycles. The van der Waals surface area contributed by atoms with Crippen LogP contribution in [0.1, 0.15) is 50.9 Å². The lowest BCUT2D eigenvalue weighted by atomic mass is 9.90. The maximum absolute atomic E-state index is 11.8. The molecule has 2 N–H and O–H groups in total. The Hall–Kier alpha value is -3.48. The number of hydrogen-bond donors (Lipinski definition) is 2. The molecule has 2 atom stereocenters. The van der Waals surface area contributed by atoms with Gasteiger partial charge in [0, 0.05) is 29.4 Å². The average molecular weight is 428 g/mol. The standard InChI is InChI=1S/C26H24N2O4/c1-31-13-14-32-23-8-4-6-19-24(23)21-15-20(21)18-5-2-3-7-22(18)27-25(19)16-9-11-17(12-10-16)26(29)28-30/h2-12,20-21,30H,13-15H2,1H3,(H,28,29)/t20-,21?/m1/s1. The molecular formula is C26H24N2O4. The first-order valence-corrected chi connectivity index (χ1v) is 10.7. The van der Waals surface area contributed by atoms with Gasteiger partial charge < -0.3 is 9.47 Å². The maximum Gasteiger partial charge on any atom is 0.274 e. The first-order chi connectivity index (χ1) is 15.7. The number of nitrogens with one attached hydrogen (secondary N) is 1. The predicted octanol–water partition coefficient (Wildman–Crippen LogP) is 4.58. The van der Waals surface area contributed by atoms with Crippen LogP contribution in [0.5, 0.6) is 5.75 Å². The summed E-state index contributed by atoms with van der Waals surface area (Å²) < 4.78 is 11.3. The van der Waals surface area contributed by atoms with Crippen molar-refractivity contribution in [3.63, 3.8) is 0 Å². The van der Waals surface area contributed by atoms with Crippen LogP contribution >= 0.6 is 0 Å². The number of benzene rings is 3. The normalized spacial score (nSPS) is 18.2. The second kappa shape index (κ2) is 8.57. The van der Waals surface area contributed by atoms with Crippen molar-refractivity contribution in [3.05, 3.63) is 94.5 Å². The number of carbonyl (C=O) groups is 1. The van der Waals surface area contributed by atoms with Gasteiger partial charge in [-0.15, -0.1) is 0 Å². The fourth-order valence-electron chi connectivity index (χ4n) is 4.50. The molecule has 5 rings (SSSR count). The van der Waals surface area contributed by atoms with Crippen molar-refractivity contribution in [2.75, 3.05) is 20.3 Å². The van der Waals surface area contributed by atoms with Crippen molar-refractivity contribution >= 4 is 17.3 Å². The molecule has 0 radical (unpaired) electrons. The van der Waals surface area contributed by atoms with Crippen molar-refractivity contribution in [1.82, 2.24) is 5.48 Å². The molecule has 0 saturated heterocycles. The Balaban J connectivity index is 1.66. The summed E-state index contributed by atoms with van der Waals surface area (Å²) in [5, 5.41) is 8.92. The summed E-state index contributed by atoms with van der Waals surface area (Å²) in [7, 11) is 1.67. The minimum atomic E-state index is -0.545. The number of carbonyl (C=O) groups excluding carboxylic acids is 1. The second-order valence-corrected chi connectivity index (χ2v) is 8.04. The van der Waals surface area contributed by atoms with Gasteiger partial charge in [0.1, 0.15) is 12.4 Å². The third-order valence-corrected chi connectivity index (χ3v) is 6.12. The lowest BCUT2D eigenvalue weighted by molar-refractivity contribution is 0.0706. The summed E-state index contributed by atoms with van der Waals surface area (Å²) in [6, 6.07) is 21.5. The van der Waals surface area contributed by atoms with E-state index in [0.717, 1.165) is 34.7 Å². The monoisotopic (exact) mass is 428 g/mol. The Morgan fingerprint density at radius 1 is 1.03 bits per heavy atom. The van der Waals surface area contributed by atoms with Crippen LogP contribution in [0.2, 0.25) is 0 Å². The number of hydroxylamine groups is 1. The maximum atomic E-state index is 11.8. The number of hydrogen-bond acceptors (Lipinski definition) is 5. The van der Waals surface area contributed by atoms with E-state index in [-0.39, 0.29) is 0 Å². The Morgan fingerprint density at radius 2 is 1.84 bits per heavy atom. The fourth-order valence-corrected chi connectivity index (χ4v) is 4.50. The molecule has 0 aromatic heterocycles. The first-order valence-electron chi connectivity index (χ1n) is 10.7. The van der Waals surface area contributed by atoms with Gasteiger partial charge in [-0.05, 0) is 48.1 Å². The summed E-state index contributed by atoms with van der Waals surface area (Å²) >= 11 is 0. The van der Waals surface area contributed by atoms with Gasteiger partial charge in [0.2, 0.25) is 0 Å². The lowest BCUT2D eigenvalue weighted by Crippen LogP contribution is -2.18. The number of rotatable bonds is 6. The molecule has 0 spiro atoms. The highest BCUT2D eigenvalue weighted by molar-refractivity contribution is 6.16. The van der Waals surface area contributed by atoms with E-state index < -0.39 is 5.91 Å². The van der Waals surface area contributed by atoms with Crippen LogP contribution in [0.15, 0.2) is 71.7 Å². The molecule has 0 bridgehead atoms. The molecule has 1 unspecified atom stereocenters. The van der Waals surface area contributed by atoms with Crippen LogP contribution in [0.4, 0.5) is 5.69 Å². The number of aliphatic imine (C=N–C) groups is 1. The number of ether oxygens (including phenoxy) is 2. The van der Waals surface area contributed by atoms with Gasteiger partial charge in [-0.1, -0.05) is 42.5 Å². The van der Waals surface area contributed by atoms with E-state index in [2.05, 4.69) is 24.3 Å². The molecule has 6 nitrogen and oxygen atoms in total. The third-order valence-electron chi connectivity index (χ3n) is 6.12. The topological polar surface area (TPSA) is 80.2 Å². The van der Waals surface area contributed by atoms with Gasteiger partial charge in [0.25, 0.3) is 5.91 Å². The molecule has 1 aliphatic heterocycles. The lowest BCUT2D eigenvalue weighted by Gasteiger charge is -2.20. The fraction of sp³-hybridized carbons (Fsp3) is 0.231. The van der Waals surface area contributed by atoms with Crippen LogP contribution in [-0.2, 0) is 4.74 Å². The molecule has 1 amide bonds. The molecule has 1 fully saturated rings. The molecule has 3 aromatic carbocycles. The molecule has 162 valence electrons. The van der Waals surface area contributed by atoms with Crippen molar-refractivity contribution in [1.29, 1.82) is 0 Å². The summed E-state index contributed by atoms with van der Waals surface area (Å²) in [6.45, 7) is 1.01. The Labute approximate surface area is 186 Å². The average Bonchev–Trinajstić information content (AvgIpc) is 3.61. The van der Waals surface area contributed by atoms with Crippen LogP contribution in [0.25, 0.3) is 0 Å². The molecular weight excluding hydrogens is 404 g/mol. The van der Waals surface area contributed by atoms with E-state index in [1.807, 2.05) is 30.3 Å². The van der Waals surface area contributed by atoms with E-state index in [4.69, 9.17) is 19.7 Å². The number of fused-ring (bicyclic) bond motifs is 5. The Bertz CT molecular complexity index is 1190.